The van der Waals surface area contributed by atoms with Crippen LogP contribution in [-0.2, 0) is 14.3 Å². The fourth-order valence-corrected chi connectivity index (χ4v) is 6.32. The van der Waals surface area contributed by atoms with Gasteiger partial charge in [0.2, 0.25) is 5.91 Å². The Balaban J connectivity index is 1.28. The van der Waals surface area contributed by atoms with Gasteiger partial charge in [0, 0.05) is 37.4 Å². The predicted octanol–water partition coefficient (Wildman–Crippen LogP) is 1.19. The van der Waals surface area contributed by atoms with Gasteiger partial charge < -0.3 is 25.0 Å². The van der Waals surface area contributed by atoms with Gasteiger partial charge in [-0.05, 0) is 50.1 Å². The smallest absolute Gasteiger partial charge is 0.252 e. The third-order valence-corrected chi connectivity index (χ3v) is 8.29. The van der Waals surface area contributed by atoms with Crippen LogP contribution in [0.5, 0.6) is 0 Å². The molecule has 2 amide bonds. The maximum absolute atomic E-state index is 13.8. The molecule has 36 heavy (non-hydrogen) atoms. The number of ketones is 1. The molecule has 0 unspecified atom stereocenters. The number of amides is 2. The molecule has 9 heteroatoms. The van der Waals surface area contributed by atoms with Crippen LogP contribution in [0.3, 0.4) is 0 Å². The van der Waals surface area contributed by atoms with E-state index in [1.165, 1.54) is 4.90 Å². The second-order valence-electron chi connectivity index (χ2n) is 10.7. The van der Waals surface area contributed by atoms with E-state index in [4.69, 9.17) is 4.74 Å². The number of benzene rings is 1. The summed E-state index contributed by atoms with van der Waals surface area (Å²) in [5.41, 5.74) is 0.546. The van der Waals surface area contributed by atoms with Crippen LogP contribution >= 0.6 is 0 Å². The minimum Gasteiger partial charge on any atom is -0.388 e. The zero-order valence-corrected chi connectivity index (χ0v) is 21.2. The summed E-state index contributed by atoms with van der Waals surface area (Å²) in [5, 5.41) is 13.5. The van der Waals surface area contributed by atoms with Gasteiger partial charge >= 0.3 is 0 Å². The number of piperazine rings is 1. The van der Waals surface area contributed by atoms with Crippen LogP contribution in [-0.4, -0.2) is 102 Å². The summed E-state index contributed by atoms with van der Waals surface area (Å²) in [6.45, 7) is 7.32. The van der Waals surface area contributed by atoms with Gasteiger partial charge in [-0.15, -0.1) is 0 Å². The van der Waals surface area contributed by atoms with Crippen molar-refractivity contribution in [2.45, 2.75) is 69.2 Å². The molecule has 1 saturated carbocycles. The number of ether oxygens (including phenoxy) is 1. The highest BCUT2D eigenvalue weighted by atomic mass is 16.5. The molecule has 1 aromatic rings. The summed E-state index contributed by atoms with van der Waals surface area (Å²) in [5.74, 6) is -0.745. The topological polar surface area (TPSA) is 102 Å². The number of nitrogens with one attached hydrogen (secondary N) is 1. The molecule has 3 saturated heterocycles. The summed E-state index contributed by atoms with van der Waals surface area (Å²) in [6, 6.07) is 6.85. The van der Waals surface area contributed by atoms with E-state index in [2.05, 4.69) is 22.0 Å². The lowest BCUT2D eigenvalue weighted by atomic mass is 9.80. The molecule has 5 rings (SSSR count). The molecule has 3 heterocycles. The van der Waals surface area contributed by atoms with E-state index in [0.29, 0.717) is 18.4 Å². The molecule has 9 nitrogen and oxygen atoms in total. The number of hydrogen-bond acceptors (Lipinski definition) is 7. The van der Waals surface area contributed by atoms with Gasteiger partial charge in [0.1, 0.15) is 30.4 Å². The van der Waals surface area contributed by atoms with Crippen molar-refractivity contribution in [3.63, 3.8) is 0 Å². The molecule has 2 N–H and O–H groups in total. The van der Waals surface area contributed by atoms with Crippen molar-refractivity contribution in [2.75, 3.05) is 50.8 Å². The van der Waals surface area contributed by atoms with Gasteiger partial charge in [-0.25, -0.2) is 0 Å². The maximum Gasteiger partial charge on any atom is 0.252 e. The highest BCUT2D eigenvalue weighted by Crippen LogP contribution is 2.35. The molecule has 1 aliphatic carbocycles. The molecule has 1 aromatic carbocycles. The van der Waals surface area contributed by atoms with Crippen LogP contribution in [0, 0.1) is 0 Å². The molecule has 3 aliphatic heterocycles. The molecule has 3 atom stereocenters. The number of carbonyl (C=O) groups is 3. The minimum atomic E-state index is -1.07. The standard InChI is InChI=1S/C27H38N4O5/c1-2-12-29-13-15-30(16-14-29)20-8-6-19(7-9-20)25(34)28-27(10-4-3-5-11-27)26(35)31-17-21(32)24-23(31)22(33)18-36-24/h6-9,21,23-24,32H,2-5,10-18H2,1H3,(H,28,34)/t21-,23-,24-/m1/s1. The van der Waals surface area contributed by atoms with Crippen molar-refractivity contribution in [3.8, 4) is 0 Å². The number of fused-ring (bicyclic) bond motifs is 1. The fourth-order valence-electron chi connectivity index (χ4n) is 6.32. The second-order valence-corrected chi connectivity index (χ2v) is 10.7. The van der Waals surface area contributed by atoms with Gasteiger partial charge in [0.05, 0.1) is 6.54 Å². The SMILES string of the molecule is CCCN1CCN(c2ccc(C(=O)NC3(C(=O)N4C[C@@H](O)[C@H]5OCC(=O)[C@H]54)CCCCC3)cc2)CC1. The molecule has 0 bridgehead atoms. The highest BCUT2D eigenvalue weighted by Gasteiger charge is 2.55. The Kier molecular flexibility index (Phi) is 7.32. The highest BCUT2D eigenvalue weighted by molar-refractivity contribution is 6.01. The molecule has 4 fully saturated rings. The number of rotatable bonds is 6. The summed E-state index contributed by atoms with van der Waals surface area (Å²) in [7, 11) is 0. The van der Waals surface area contributed by atoms with Crippen LogP contribution in [0.25, 0.3) is 0 Å². The van der Waals surface area contributed by atoms with E-state index in [-0.39, 0.29) is 30.7 Å². The lowest BCUT2D eigenvalue weighted by Crippen LogP contribution is -2.62. The van der Waals surface area contributed by atoms with Gasteiger partial charge in [-0.2, -0.15) is 0 Å². The first-order chi connectivity index (χ1) is 17.4. The van der Waals surface area contributed by atoms with Gasteiger partial charge in [-0.1, -0.05) is 26.2 Å². The van der Waals surface area contributed by atoms with Crippen molar-refractivity contribution in [1.82, 2.24) is 15.1 Å². The van der Waals surface area contributed by atoms with E-state index in [1.807, 2.05) is 24.3 Å². The normalized spacial score (nSPS) is 28.3. The average Bonchev–Trinajstić information content (AvgIpc) is 3.45. The van der Waals surface area contributed by atoms with E-state index in [0.717, 1.165) is 64.1 Å². The van der Waals surface area contributed by atoms with Crippen LogP contribution in [0.1, 0.15) is 55.8 Å². The number of nitrogens with zero attached hydrogens (tertiary/aromatic N) is 3. The molecule has 0 aromatic heterocycles. The Hall–Kier alpha value is -2.49. The molecular weight excluding hydrogens is 460 g/mol. The molecule has 0 spiro atoms. The van der Waals surface area contributed by atoms with Crippen LogP contribution in [0.15, 0.2) is 24.3 Å². The first kappa shape index (κ1) is 25.2. The van der Waals surface area contributed by atoms with Crippen molar-refractivity contribution in [1.29, 1.82) is 0 Å². The van der Waals surface area contributed by atoms with Crippen molar-refractivity contribution >= 4 is 23.3 Å². The Labute approximate surface area is 212 Å². The number of aliphatic hydroxyl groups excluding tert-OH is 1. The zero-order chi connectivity index (χ0) is 25.3. The molecule has 4 aliphatic rings. The predicted molar refractivity (Wildman–Crippen MR) is 135 cm³/mol. The number of Topliss-reactive ketones (excluding diaryl/α,β-unsaturated/α-hetero) is 1. The Morgan fingerprint density at radius 1 is 1.08 bits per heavy atom. The largest absolute Gasteiger partial charge is 0.388 e. The van der Waals surface area contributed by atoms with Crippen LogP contribution in [0.4, 0.5) is 5.69 Å². The maximum atomic E-state index is 13.8. The Morgan fingerprint density at radius 2 is 1.78 bits per heavy atom. The van der Waals surface area contributed by atoms with E-state index in [9.17, 15) is 19.5 Å². The van der Waals surface area contributed by atoms with E-state index < -0.39 is 23.8 Å². The Morgan fingerprint density at radius 3 is 2.44 bits per heavy atom. The van der Waals surface area contributed by atoms with Crippen LogP contribution < -0.4 is 10.2 Å². The number of likely N-dealkylation sites (tertiary alicyclic amines) is 1. The lowest BCUT2D eigenvalue weighted by Gasteiger charge is -2.40. The fraction of sp³-hybridized carbons (Fsp3) is 0.667. The first-order valence-corrected chi connectivity index (χ1v) is 13.5. The quantitative estimate of drug-likeness (QED) is 0.608. The molecule has 196 valence electrons. The second kappa shape index (κ2) is 10.5. The molecular formula is C27H38N4O5. The van der Waals surface area contributed by atoms with Gasteiger partial charge in [0.25, 0.3) is 5.91 Å². The average molecular weight is 499 g/mol. The minimum absolute atomic E-state index is 0.0533. The van der Waals surface area contributed by atoms with E-state index >= 15 is 0 Å². The first-order valence-electron chi connectivity index (χ1n) is 13.5. The third kappa shape index (κ3) is 4.76. The number of hydrogen-bond donors (Lipinski definition) is 2. The summed E-state index contributed by atoms with van der Waals surface area (Å²) < 4.78 is 5.44. The van der Waals surface area contributed by atoms with E-state index in [1.54, 1.807) is 0 Å². The van der Waals surface area contributed by atoms with Crippen molar-refractivity contribution < 1.29 is 24.2 Å². The third-order valence-electron chi connectivity index (χ3n) is 8.29. The summed E-state index contributed by atoms with van der Waals surface area (Å²) in [4.78, 5) is 45.9. The van der Waals surface area contributed by atoms with Crippen molar-refractivity contribution in [2.24, 2.45) is 0 Å². The summed E-state index contributed by atoms with van der Waals surface area (Å²) in [6.07, 6.45) is 3.30. The van der Waals surface area contributed by atoms with Crippen LogP contribution in [0.2, 0.25) is 0 Å². The number of aliphatic hydroxyl groups is 1. The van der Waals surface area contributed by atoms with Gasteiger partial charge in [-0.3, -0.25) is 19.3 Å². The van der Waals surface area contributed by atoms with Crippen molar-refractivity contribution in [3.05, 3.63) is 29.8 Å². The molecule has 0 radical (unpaired) electrons. The zero-order valence-electron chi connectivity index (χ0n) is 21.2. The number of β-amino-alcohol motifs (C(OH)–C–C–N with tert-alkyl or cyclic N) is 1. The number of anilines is 1. The number of carbonyl (C=O) groups excluding carboxylic acids is 3. The summed E-state index contributed by atoms with van der Waals surface area (Å²) >= 11 is 0. The lowest BCUT2D eigenvalue weighted by molar-refractivity contribution is -0.143. The van der Waals surface area contributed by atoms with Gasteiger partial charge in [0.15, 0.2) is 5.78 Å². The monoisotopic (exact) mass is 498 g/mol. The Bertz CT molecular complexity index is 969.